The minimum absolute atomic E-state index is 0.543. The molecule has 21 heavy (non-hydrogen) atoms. The summed E-state index contributed by atoms with van der Waals surface area (Å²) < 4.78 is 0. The third-order valence-electron chi connectivity index (χ3n) is 4.70. The van der Waals surface area contributed by atoms with Gasteiger partial charge in [-0.25, -0.2) is 0 Å². The van der Waals surface area contributed by atoms with Gasteiger partial charge in [0.2, 0.25) is 0 Å². The highest BCUT2D eigenvalue weighted by molar-refractivity contribution is 5.51. The topological polar surface area (TPSA) is 15.3 Å². The highest BCUT2D eigenvalue weighted by Gasteiger charge is 2.18. The van der Waals surface area contributed by atoms with E-state index in [0.29, 0.717) is 6.04 Å². The van der Waals surface area contributed by atoms with Gasteiger partial charge in [-0.15, -0.1) is 0 Å². The zero-order chi connectivity index (χ0) is 15.2. The normalized spacial score (nSPS) is 16.7. The van der Waals surface area contributed by atoms with Crippen LogP contribution in [0.1, 0.15) is 57.6 Å². The summed E-state index contributed by atoms with van der Waals surface area (Å²) in [6.45, 7) is 12.4. The fraction of sp³-hybridized carbons (Fsp3) is 0.684. The van der Waals surface area contributed by atoms with Crippen LogP contribution in [-0.4, -0.2) is 19.1 Å². The second-order valence-corrected chi connectivity index (χ2v) is 6.87. The fourth-order valence-electron chi connectivity index (χ4n) is 3.28. The van der Waals surface area contributed by atoms with Gasteiger partial charge in [0.05, 0.1) is 0 Å². The summed E-state index contributed by atoms with van der Waals surface area (Å²) in [5, 5.41) is 3.51. The van der Waals surface area contributed by atoms with Crippen LogP contribution in [0, 0.1) is 12.8 Å². The molecule has 0 aliphatic carbocycles. The first-order chi connectivity index (χ1) is 10.1. The third kappa shape index (κ3) is 4.74. The van der Waals surface area contributed by atoms with Crippen LogP contribution in [0.4, 0.5) is 5.69 Å². The highest BCUT2D eigenvalue weighted by Crippen LogP contribution is 2.27. The van der Waals surface area contributed by atoms with Crippen LogP contribution in [0.15, 0.2) is 18.2 Å². The summed E-state index contributed by atoms with van der Waals surface area (Å²) in [7, 11) is 0. The van der Waals surface area contributed by atoms with E-state index in [4.69, 9.17) is 0 Å². The van der Waals surface area contributed by atoms with Gasteiger partial charge in [0.1, 0.15) is 0 Å². The van der Waals surface area contributed by atoms with Crippen molar-refractivity contribution in [1.82, 2.24) is 5.32 Å². The molecule has 0 aromatic heterocycles. The van der Waals surface area contributed by atoms with Gasteiger partial charge in [-0.3, -0.25) is 0 Å². The summed E-state index contributed by atoms with van der Waals surface area (Å²) in [6.07, 6.45) is 5.47. The van der Waals surface area contributed by atoms with Crippen molar-refractivity contribution in [3.8, 4) is 0 Å². The van der Waals surface area contributed by atoms with E-state index in [0.717, 1.165) is 12.5 Å². The predicted octanol–water partition coefficient (Wildman–Crippen LogP) is 4.51. The highest BCUT2D eigenvalue weighted by atomic mass is 15.1. The van der Waals surface area contributed by atoms with Crippen LogP contribution in [0.25, 0.3) is 0 Å². The molecule has 1 aliphatic heterocycles. The molecule has 118 valence electrons. The Balaban J connectivity index is 1.94. The number of rotatable bonds is 6. The summed E-state index contributed by atoms with van der Waals surface area (Å²) >= 11 is 0. The lowest BCUT2D eigenvalue weighted by atomic mass is 9.92. The fourth-order valence-corrected chi connectivity index (χ4v) is 3.28. The molecular formula is C19H32N2. The first-order valence-electron chi connectivity index (χ1n) is 8.68. The molecule has 1 N–H and O–H groups in total. The number of anilines is 1. The molecule has 0 unspecified atom stereocenters. The van der Waals surface area contributed by atoms with Gasteiger partial charge in [-0.05, 0) is 48.9 Å². The Morgan fingerprint density at radius 3 is 2.52 bits per heavy atom. The van der Waals surface area contributed by atoms with Crippen LogP contribution < -0.4 is 10.2 Å². The summed E-state index contributed by atoms with van der Waals surface area (Å²) in [4.78, 5) is 2.57. The van der Waals surface area contributed by atoms with Gasteiger partial charge < -0.3 is 10.2 Å². The van der Waals surface area contributed by atoms with Gasteiger partial charge in [0.15, 0.2) is 0 Å². The monoisotopic (exact) mass is 288 g/mol. The Hall–Kier alpha value is -1.02. The van der Waals surface area contributed by atoms with Crippen molar-refractivity contribution in [2.45, 2.75) is 66.0 Å². The molecule has 0 saturated carbocycles. The number of benzene rings is 1. The first kappa shape index (κ1) is 16.4. The lowest BCUT2D eigenvalue weighted by molar-refractivity contribution is 0.378. The maximum absolute atomic E-state index is 3.51. The van der Waals surface area contributed by atoms with Crippen LogP contribution in [0.5, 0.6) is 0 Å². The molecule has 0 amide bonds. The van der Waals surface area contributed by atoms with E-state index in [1.54, 1.807) is 0 Å². The quantitative estimate of drug-likeness (QED) is 0.828. The van der Waals surface area contributed by atoms with Gasteiger partial charge in [-0.1, -0.05) is 39.7 Å². The standard InChI is InChI=1S/C19H32N2/c1-5-6-17-9-11-21(12-10-17)19-8-7-18(16(4)13-19)14-20-15(2)3/h7-8,13,15,17,20H,5-6,9-12,14H2,1-4H3. The van der Waals surface area contributed by atoms with Crippen molar-refractivity contribution < 1.29 is 0 Å². The van der Waals surface area contributed by atoms with E-state index in [1.165, 1.54) is 55.6 Å². The van der Waals surface area contributed by atoms with Gasteiger partial charge in [0.25, 0.3) is 0 Å². The maximum Gasteiger partial charge on any atom is 0.0369 e. The number of aryl methyl sites for hydroxylation is 1. The molecule has 2 nitrogen and oxygen atoms in total. The zero-order valence-corrected chi connectivity index (χ0v) is 14.3. The van der Waals surface area contributed by atoms with Crippen molar-refractivity contribution in [3.63, 3.8) is 0 Å². The van der Waals surface area contributed by atoms with E-state index < -0.39 is 0 Å². The smallest absolute Gasteiger partial charge is 0.0369 e. The Labute approximate surface area is 130 Å². The van der Waals surface area contributed by atoms with Gasteiger partial charge >= 0.3 is 0 Å². The average molecular weight is 288 g/mol. The number of piperidine rings is 1. The molecule has 0 bridgehead atoms. The van der Waals surface area contributed by atoms with Gasteiger partial charge in [-0.2, -0.15) is 0 Å². The van der Waals surface area contributed by atoms with Crippen molar-refractivity contribution in [2.75, 3.05) is 18.0 Å². The number of nitrogens with one attached hydrogen (secondary N) is 1. The van der Waals surface area contributed by atoms with Crippen LogP contribution in [0.3, 0.4) is 0 Å². The molecule has 2 heteroatoms. The molecule has 2 rings (SSSR count). The Morgan fingerprint density at radius 2 is 1.95 bits per heavy atom. The number of hydrogen-bond donors (Lipinski definition) is 1. The second kappa shape index (κ2) is 7.84. The molecule has 0 atom stereocenters. The molecule has 1 fully saturated rings. The number of nitrogens with zero attached hydrogens (tertiary/aromatic N) is 1. The van der Waals surface area contributed by atoms with E-state index in [-0.39, 0.29) is 0 Å². The molecule has 1 aliphatic rings. The van der Waals surface area contributed by atoms with E-state index >= 15 is 0 Å². The van der Waals surface area contributed by atoms with Crippen LogP contribution in [0.2, 0.25) is 0 Å². The minimum Gasteiger partial charge on any atom is -0.372 e. The lowest BCUT2D eigenvalue weighted by Crippen LogP contribution is -2.33. The largest absolute Gasteiger partial charge is 0.372 e. The summed E-state index contributed by atoms with van der Waals surface area (Å²) in [5.41, 5.74) is 4.25. The van der Waals surface area contributed by atoms with Crippen LogP contribution >= 0.6 is 0 Å². The SMILES string of the molecule is CCCC1CCN(c2ccc(CNC(C)C)c(C)c2)CC1. The van der Waals surface area contributed by atoms with E-state index in [2.05, 4.69) is 56.1 Å². The Kier molecular flexibility index (Phi) is 6.10. The lowest BCUT2D eigenvalue weighted by Gasteiger charge is -2.34. The molecule has 1 heterocycles. The molecule has 0 radical (unpaired) electrons. The van der Waals surface area contributed by atoms with Crippen molar-refractivity contribution >= 4 is 5.69 Å². The summed E-state index contributed by atoms with van der Waals surface area (Å²) in [6, 6.07) is 7.53. The van der Waals surface area contributed by atoms with Crippen molar-refractivity contribution in [1.29, 1.82) is 0 Å². The van der Waals surface area contributed by atoms with Crippen LogP contribution in [-0.2, 0) is 6.54 Å². The molecule has 1 saturated heterocycles. The Morgan fingerprint density at radius 1 is 1.24 bits per heavy atom. The predicted molar refractivity (Wildman–Crippen MR) is 93.0 cm³/mol. The van der Waals surface area contributed by atoms with Gasteiger partial charge in [0, 0.05) is 31.4 Å². The van der Waals surface area contributed by atoms with Crippen molar-refractivity contribution in [3.05, 3.63) is 29.3 Å². The molecule has 1 aromatic carbocycles. The molecule has 0 spiro atoms. The number of hydrogen-bond acceptors (Lipinski definition) is 2. The molecule has 1 aromatic rings. The Bertz CT molecular complexity index is 431. The summed E-state index contributed by atoms with van der Waals surface area (Å²) in [5.74, 6) is 0.960. The third-order valence-corrected chi connectivity index (χ3v) is 4.70. The van der Waals surface area contributed by atoms with E-state index in [1.807, 2.05) is 0 Å². The maximum atomic E-state index is 3.51. The average Bonchev–Trinajstić information content (AvgIpc) is 2.47. The second-order valence-electron chi connectivity index (χ2n) is 6.87. The van der Waals surface area contributed by atoms with Crippen molar-refractivity contribution in [2.24, 2.45) is 5.92 Å². The zero-order valence-electron chi connectivity index (χ0n) is 14.3. The first-order valence-corrected chi connectivity index (χ1v) is 8.68. The molecular weight excluding hydrogens is 256 g/mol. The minimum atomic E-state index is 0.543. The van der Waals surface area contributed by atoms with E-state index in [9.17, 15) is 0 Å².